The standard InChI is InChI=1S/C28H26F3NO5/c29-28(30,31)37-20-8-5-18(6-9-20)16-36-23-21-4-2-1-3-19(21)7-10-22(23)25(33)32-24(26(34)35)27-13-11-17(15-27)12-14-27/h1-10,17,24H,11-16H2,(H,32,33)(H,34,35)/t17?,24-,27?/m1/s1. The highest BCUT2D eigenvalue weighted by Crippen LogP contribution is 2.56. The summed E-state index contributed by atoms with van der Waals surface area (Å²) in [5, 5.41) is 14.3. The molecule has 3 aromatic rings. The third-order valence-corrected chi connectivity index (χ3v) is 7.60. The number of ether oxygens (including phenoxy) is 2. The predicted molar refractivity (Wildman–Crippen MR) is 129 cm³/mol. The Hall–Kier alpha value is -3.75. The average Bonchev–Trinajstić information content (AvgIpc) is 3.47. The van der Waals surface area contributed by atoms with Crippen LogP contribution in [0.1, 0.15) is 48.0 Å². The van der Waals surface area contributed by atoms with Gasteiger partial charge in [-0.2, -0.15) is 0 Å². The van der Waals surface area contributed by atoms with E-state index in [9.17, 15) is 27.9 Å². The zero-order chi connectivity index (χ0) is 26.2. The second-order valence-electron chi connectivity index (χ2n) is 9.90. The second-order valence-corrected chi connectivity index (χ2v) is 9.90. The fraction of sp³-hybridized carbons (Fsp3) is 0.357. The highest BCUT2D eigenvalue weighted by molar-refractivity contribution is 6.05. The summed E-state index contributed by atoms with van der Waals surface area (Å²) in [4.78, 5) is 25.7. The Bertz CT molecular complexity index is 1310. The van der Waals surface area contributed by atoms with E-state index in [1.54, 1.807) is 24.3 Å². The molecule has 0 heterocycles. The van der Waals surface area contributed by atoms with E-state index in [1.165, 1.54) is 24.3 Å². The summed E-state index contributed by atoms with van der Waals surface area (Å²) in [5.74, 6) is -1.12. The van der Waals surface area contributed by atoms with Crippen LogP contribution >= 0.6 is 0 Å². The molecule has 9 heteroatoms. The normalized spacial score (nSPS) is 21.5. The lowest BCUT2D eigenvalue weighted by Gasteiger charge is -2.33. The summed E-state index contributed by atoms with van der Waals surface area (Å²) in [6.45, 7) is -0.0193. The van der Waals surface area contributed by atoms with Crippen molar-refractivity contribution in [3.8, 4) is 11.5 Å². The Labute approximate surface area is 211 Å². The number of alkyl halides is 3. The van der Waals surface area contributed by atoms with Crippen molar-refractivity contribution in [1.29, 1.82) is 0 Å². The molecule has 0 aromatic heterocycles. The molecule has 2 aliphatic carbocycles. The van der Waals surface area contributed by atoms with Gasteiger partial charge in [0.05, 0.1) is 5.56 Å². The molecule has 2 saturated carbocycles. The number of hydrogen-bond donors (Lipinski definition) is 2. The van der Waals surface area contributed by atoms with Crippen LogP contribution < -0.4 is 14.8 Å². The molecule has 2 N–H and O–H groups in total. The first kappa shape index (κ1) is 24.9. The van der Waals surface area contributed by atoms with Gasteiger partial charge in [0.2, 0.25) is 0 Å². The highest BCUT2D eigenvalue weighted by Gasteiger charge is 2.53. The quantitative estimate of drug-likeness (QED) is 0.381. The van der Waals surface area contributed by atoms with Crippen LogP contribution in [-0.4, -0.2) is 29.4 Å². The number of nitrogens with one attached hydrogen (secondary N) is 1. The van der Waals surface area contributed by atoms with Crippen LogP contribution in [0.5, 0.6) is 11.5 Å². The first-order chi connectivity index (χ1) is 17.6. The van der Waals surface area contributed by atoms with Gasteiger partial charge in [-0.25, -0.2) is 4.79 Å². The number of amides is 1. The van der Waals surface area contributed by atoms with Gasteiger partial charge in [0.25, 0.3) is 5.91 Å². The van der Waals surface area contributed by atoms with Crippen LogP contribution in [0.2, 0.25) is 0 Å². The molecule has 5 rings (SSSR count). The number of carboxylic acid groups (broad SMARTS) is 1. The molecule has 0 aliphatic heterocycles. The van der Waals surface area contributed by atoms with Crippen LogP contribution in [-0.2, 0) is 11.4 Å². The molecule has 3 aromatic carbocycles. The molecule has 37 heavy (non-hydrogen) atoms. The summed E-state index contributed by atoms with van der Waals surface area (Å²) < 4.78 is 47.3. The third-order valence-electron chi connectivity index (χ3n) is 7.60. The topological polar surface area (TPSA) is 84.9 Å². The number of benzene rings is 3. The number of fused-ring (bicyclic) bond motifs is 3. The van der Waals surface area contributed by atoms with Gasteiger partial charge in [-0.3, -0.25) is 4.79 Å². The Balaban J connectivity index is 1.40. The number of halogens is 3. The Kier molecular flexibility index (Phi) is 6.47. The largest absolute Gasteiger partial charge is 0.573 e. The maximum Gasteiger partial charge on any atom is 0.573 e. The van der Waals surface area contributed by atoms with Crippen LogP contribution in [0.4, 0.5) is 13.2 Å². The fourth-order valence-corrected chi connectivity index (χ4v) is 5.85. The van der Waals surface area contributed by atoms with E-state index in [0.29, 0.717) is 16.9 Å². The van der Waals surface area contributed by atoms with Crippen LogP contribution in [0.15, 0.2) is 60.7 Å². The van der Waals surface area contributed by atoms with Crippen LogP contribution in [0.25, 0.3) is 10.8 Å². The summed E-state index contributed by atoms with van der Waals surface area (Å²) >= 11 is 0. The van der Waals surface area contributed by atoms with Gasteiger partial charge < -0.3 is 19.9 Å². The molecule has 2 aliphatic rings. The molecule has 2 bridgehead atoms. The van der Waals surface area contributed by atoms with Gasteiger partial charge in [-0.05, 0) is 67.2 Å². The van der Waals surface area contributed by atoms with Crippen molar-refractivity contribution < 1.29 is 37.3 Å². The highest BCUT2D eigenvalue weighted by atomic mass is 19.4. The molecule has 0 spiro atoms. The minimum Gasteiger partial charge on any atom is -0.487 e. The predicted octanol–water partition coefficient (Wildman–Crippen LogP) is 6.08. The minimum absolute atomic E-state index is 0.0193. The summed E-state index contributed by atoms with van der Waals surface area (Å²) in [6.07, 6.45) is -0.449. The molecule has 2 fully saturated rings. The van der Waals surface area contributed by atoms with Crippen molar-refractivity contribution in [2.75, 3.05) is 0 Å². The lowest BCUT2D eigenvalue weighted by Crippen LogP contribution is -2.51. The molecule has 0 saturated heterocycles. The van der Waals surface area contributed by atoms with Crippen molar-refractivity contribution in [1.82, 2.24) is 5.32 Å². The zero-order valence-corrected chi connectivity index (χ0v) is 19.9. The number of carbonyl (C=O) groups is 2. The summed E-state index contributed by atoms with van der Waals surface area (Å²) in [6, 6.07) is 15.0. The smallest absolute Gasteiger partial charge is 0.487 e. The van der Waals surface area contributed by atoms with Crippen LogP contribution in [0, 0.1) is 11.3 Å². The molecular formula is C28H26F3NO5. The number of carboxylic acids is 1. The van der Waals surface area contributed by atoms with E-state index in [4.69, 9.17) is 4.74 Å². The van der Waals surface area contributed by atoms with Gasteiger partial charge in [0.15, 0.2) is 0 Å². The molecule has 6 nitrogen and oxygen atoms in total. The van der Waals surface area contributed by atoms with E-state index in [1.807, 2.05) is 12.1 Å². The lowest BCUT2D eigenvalue weighted by molar-refractivity contribution is -0.274. The lowest BCUT2D eigenvalue weighted by atomic mass is 9.77. The maximum atomic E-state index is 13.5. The second kappa shape index (κ2) is 9.61. The summed E-state index contributed by atoms with van der Waals surface area (Å²) in [7, 11) is 0. The molecule has 0 radical (unpaired) electrons. The van der Waals surface area contributed by atoms with Crippen molar-refractivity contribution in [2.24, 2.45) is 11.3 Å². The van der Waals surface area contributed by atoms with E-state index >= 15 is 0 Å². The number of carbonyl (C=O) groups excluding carboxylic acids is 1. The van der Waals surface area contributed by atoms with Crippen molar-refractivity contribution >= 4 is 22.6 Å². The molecule has 1 atom stereocenters. The number of aliphatic carboxylic acids is 1. The Morgan fingerprint density at radius 3 is 2.35 bits per heavy atom. The van der Waals surface area contributed by atoms with Gasteiger partial charge in [0.1, 0.15) is 24.1 Å². The number of hydrogen-bond acceptors (Lipinski definition) is 4. The first-order valence-electron chi connectivity index (χ1n) is 12.2. The minimum atomic E-state index is -4.78. The van der Waals surface area contributed by atoms with Gasteiger partial charge in [0, 0.05) is 10.8 Å². The maximum absolute atomic E-state index is 13.5. The monoisotopic (exact) mass is 513 g/mol. The SMILES string of the molecule is O=C(N[C@H](C(=O)O)C12CCC(CC1)C2)c1ccc2ccccc2c1OCc1ccc(OC(F)(F)F)cc1. The van der Waals surface area contributed by atoms with Crippen molar-refractivity contribution in [2.45, 2.75) is 51.1 Å². The van der Waals surface area contributed by atoms with Crippen molar-refractivity contribution in [3.05, 3.63) is 71.8 Å². The zero-order valence-electron chi connectivity index (χ0n) is 19.9. The third kappa shape index (κ3) is 5.21. The first-order valence-corrected chi connectivity index (χ1v) is 12.2. The van der Waals surface area contributed by atoms with Gasteiger partial charge in [-0.15, -0.1) is 13.2 Å². The van der Waals surface area contributed by atoms with E-state index in [0.717, 1.165) is 37.5 Å². The van der Waals surface area contributed by atoms with Gasteiger partial charge in [-0.1, -0.05) is 42.5 Å². The van der Waals surface area contributed by atoms with Crippen LogP contribution in [0.3, 0.4) is 0 Å². The summed E-state index contributed by atoms with van der Waals surface area (Å²) in [5.41, 5.74) is 0.342. The fourth-order valence-electron chi connectivity index (χ4n) is 5.85. The van der Waals surface area contributed by atoms with E-state index < -0.39 is 29.7 Å². The molecule has 194 valence electrons. The van der Waals surface area contributed by atoms with Gasteiger partial charge >= 0.3 is 12.3 Å². The van der Waals surface area contributed by atoms with Crippen molar-refractivity contribution in [3.63, 3.8) is 0 Å². The van der Waals surface area contributed by atoms with E-state index in [2.05, 4.69) is 10.1 Å². The average molecular weight is 514 g/mol. The Morgan fingerprint density at radius 1 is 1.03 bits per heavy atom. The molecule has 0 unspecified atom stereocenters. The molecular weight excluding hydrogens is 487 g/mol. The van der Waals surface area contributed by atoms with E-state index in [-0.39, 0.29) is 23.7 Å². The Morgan fingerprint density at radius 2 is 1.73 bits per heavy atom. The number of rotatable bonds is 8. The molecule has 1 amide bonds.